The number of carbonyl (C=O) groups excluding carboxylic acids is 4. The predicted octanol–water partition coefficient (Wildman–Crippen LogP) is 3.96. The van der Waals surface area contributed by atoms with Crippen LogP contribution in [0.25, 0.3) is 6.08 Å². The first kappa shape index (κ1) is 23.4. The number of thioether (sulfide) groups is 1. The molecule has 3 rings (SSSR count). The fourth-order valence-electron chi connectivity index (χ4n) is 2.72. The zero-order valence-electron chi connectivity index (χ0n) is 17.0. The Bertz CT molecular complexity index is 1070. The lowest BCUT2D eigenvalue weighted by Gasteiger charge is -2.10. The number of hydrogen-bond acceptors (Lipinski definition) is 7. The number of carbonyl (C=O) groups is 4. The Kier molecular flexibility index (Phi) is 7.91. The Morgan fingerprint density at radius 1 is 1.16 bits per heavy atom. The topological polar surface area (TPSA) is 102 Å². The van der Waals surface area contributed by atoms with Gasteiger partial charge in [0.25, 0.3) is 17.1 Å². The van der Waals surface area contributed by atoms with Crippen LogP contribution in [-0.2, 0) is 19.1 Å². The van der Waals surface area contributed by atoms with Gasteiger partial charge in [0, 0.05) is 17.3 Å². The second-order valence-corrected chi connectivity index (χ2v) is 8.01. The van der Waals surface area contributed by atoms with Crippen molar-refractivity contribution in [3.8, 4) is 5.75 Å². The Morgan fingerprint density at radius 2 is 1.91 bits per heavy atom. The first-order valence-corrected chi connectivity index (χ1v) is 10.7. The van der Waals surface area contributed by atoms with Crippen molar-refractivity contribution >= 4 is 58.1 Å². The van der Waals surface area contributed by atoms with Crippen LogP contribution in [0.3, 0.4) is 0 Å². The van der Waals surface area contributed by atoms with Crippen molar-refractivity contribution in [3.05, 3.63) is 64.0 Å². The van der Waals surface area contributed by atoms with Crippen molar-refractivity contribution in [2.45, 2.75) is 6.42 Å². The molecule has 2 aromatic carbocycles. The normalized spacial score (nSPS) is 14.6. The molecule has 2 aromatic rings. The summed E-state index contributed by atoms with van der Waals surface area (Å²) in [7, 11) is 1.25. The number of halogens is 1. The second-order valence-electron chi connectivity index (χ2n) is 6.58. The lowest BCUT2D eigenvalue weighted by Crippen LogP contribution is -2.30. The number of benzene rings is 2. The molecule has 0 aliphatic carbocycles. The minimum Gasteiger partial charge on any atom is -0.484 e. The van der Waals surface area contributed by atoms with Gasteiger partial charge in [-0.1, -0.05) is 29.8 Å². The van der Waals surface area contributed by atoms with Gasteiger partial charge in [0.2, 0.25) is 0 Å². The van der Waals surface area contributed by atoms with Gasteiger partial charge in [0.05, 0.1) is 18.4 Å². The highest BCUT2D eigenvalue weighted by Gasteiger charge is 2.35. The monoisotopic (exact) mass is 474 g/mol. The molecule has 1 fully saturated rings. The van der Waals surface area contributed by atoms with Gasteiger partial charge in [-0.25, -0.2) is 0 Å². The largest absolute Gasteiger partial charge is 0.484 e. The lowest BCUT2D eigenvalue weighted by atomic mass is 10.2. The van der Waals surface area contributed by atoms with E-state index in [-0.39, 0.29) is 30.4 Å². The maximum Gasteiger partial charge on any atom is 0.307 e. The van der Waals surface area contributed by atoms with Crippen molar-refractivity contribution in [3.63, 3.8) is 0 Å². The number of methoxy groups -OCH3 is 1. The van der Waals surface area contributed by atoms with Crippen LogP contribution in [0.4, 0.5) is 10.5 Å². The van der Waals surface area contributed by atoms with Crippen LogP contribution in [0.2, 0.25) is 5.02 Å². The second kappa shape index (κ2) is 10.8. The molecule has 1 aliphatic rings. The van der Waals surface area contributed by atoms with Crippen LogP contribution >= 0.6 is 23.4 Å². The van der Waals surface area contributed by atoms with E-state index in [1.165, 1.54) is 7.11 Å². The average Bonchev–Trinajstić information content (AvgIpc) is 3.03. The molecule has 0 bridgehead atoms. The number of nitrogens with zero attached hydrogens (tertiary/aromatic N) is 1. The Hall–Kier alpha value is -3.30. The number of hydrogen-bond donors (Lipinski definition) is 1. The van der Waals surface area contributed by atoms with Gasteiger partial charge in [0.1, 0.15) is 5.75 Å². The molecular weight excluding hydrogens is 456 g/mol. The molecule has 166 valence electrons. The number of esters is 1. The van der Waals surface area contributed by atoms with Crippen molar-refractivity contribution in [1.29, 1.82) is 0 Å². The summed E-state index contributed by atoms with van der Waals surface area (Å²) < 4.78 is 10.0. The van der Waals surface area contributed by atoms with Gasteiger partial charge in [-0.3, -0.25) is 24.1 Å². The van der Waals surface area contributed by atoms with Gasteiger partial charge >= 0.3 is 5.97 Å². The van der Waals surface area contributed by atoms with Crippen molar-refractivity contribution in [1.82, 2.24) is 4.90 Å². The first-order chi connectivity index (χ1) is 15.4. The van der Waals surface area contributed by atoms with E-state index < -0.39 is 17.1 Å². The minimum absolute atomic E-state index is 0.0291. The molecule has 0 spiro atoms. The molecule has 0 unspecified atom stereocenters. The summed E-state index contributed by atoms with van der Waals surface area (Å²) in [4.78, 5) is 49.0. The molecule has 1 saturated heterocycles. The average molecular weight is 475 g/mol. The quantitative estimate of drug-likeness (QED) is 0.456. The Labute approximate surface area is 193 Å². The standard InChI is InChI=1S/C22H19ClN2O6S/c1-30-20(27)9-10-25-21(28)18(32-22(25)29)11-14-5-7-17(8-6-14)31-13-19(26)24-16-4-2-3-15(23)12-16/h2-8,11-12H,9-10,13H2,1H3,(H,24,26)/b18-11-. The number of rotatable bonds is 8. The molecule has 0 radical (unpaired) electrons. The van der Waals surface area contributed by atoms with Crippen LogP contribution in [0.1, 0.15) is 12.0 Å². The Morgan fingerprint density at radius 3 is 2.59 bits per heavy atom. The van der Waals surface area contributed by atoms with Gasteiger partial charge in [-0.2, -0.15) is 0 Å². The molecule has 0 aromatic heterocycles. The molecule has 0 saturated carbocycles. The summed E-state index contributed by atoms with van der Waals surface area (Å²) in [5.74, 6) is -0.821. The highest BCUT2D eigenvalue weighted by Crippen LogP contribution is 2.32. The summed E-state index contributed by atoms with van der Waals surface area (Å²) in [6, 6.07) is 13.5. The maximum atomic E-state index is 12.4. The molecule has 0 atom stereocenters. The summed E-state index contributed by atoms with van der Waals surface area (Å²) in [5, 5.41) is 2.76. The fourth-order valence-corrected chi connectivity index (χ4v) is 3.78. The predicted molar refractivity (Wildman–Crippen MR) is 121 cm³/mol. The zero-order chi connectivity index (χ0) is 23.1. The van der Waals surface area contributed by atoms with E-state index in [0.717, 1.165) is 16.7 Å². The third-order valence-corrected chi connectivity index (χ3v) is 5.44. The Balaban J connectivity index is 1.54. The molecular formula is C22H19ClN2O6S. The number of amides is 3. The van der Waals surface area contributed by atoms with E-state index in [4.69, 9.17) is 16.3 Å². The van der Waals surface area contributed by atoms with E-state index in [9.17, 15) is 19.2 Å². The van der Waals surface area contributed by atoms with E-state index in [1.54, 1.807) is 54.6 Å². The van der Waals surface area contributed by atoms with Crippen molar-refractivity contribution in [2.75, 3.05) is 25.6 Å². The van der Waals surface area contributed by atoms with Crippen molar-refractivity contribution < 1.29 is 28.7 Å². The SMILES string of the molecule is COC(=O)CCN1C(=O)S/C(=C\c2ccc(OCC(=O)Nc3cccc(Cl)c3)cc2)C1=O. The molecule has 32 heavy (non-hydrogen) atoms. The van der Waals surface area contributed by atoms with Crippen LogP contribution in [0.15, 0.2) is 53.4 Å². The van der Waals surface area contributed by atoms with Gasteiger partial charge in [-0.15, -0.1) is 0 Å². The molecule has 10 heteroatoms. The molecule has 1 N–H and O–H groups in total. The van der Waals surface area contributed by atoms with Gasteiger partial charge in [0.15, 0.2) is 6.61 Å². The summed E-state index contributed by atoms with van der Waals surface area (Å²) in [6.45, 7) is -0.219. The van der Waals surface area contributed by atoms with E-state index in [2.05, 4.69) is 10.1 Å². The van der Waals surface area contributed by atoms with Crippen LogP contribution in [0.5, 0.6) is 5.75 Å². The summed E-state index contributed by atoms with van der Waals surface area (Å²) >= 11 is 6.70. The van der Waals surface area contributed by atoms with Crippen LogP contribution in [-0.4, -0.2) is 48.2 Å². The van der Waals surface area contributed by atoms with Crippen molar-refractivity contribution in [2.24, 2.45) is 0 Å². The molecule has 1 aliphatic heterocycles. The smallest absolute Gasteiger partial charge is 0.307 e. The van der Waals surface area contributed by atoms with E-state index in [1.807, 2.05) is 0 Å². The lowest BCUT2D eigenvalue weighted by molar-refractivity contribution is -0.141. The van der Waals surface area contributed by atoms with E-state index in [0.29, 0.717) is 22.0 Å². The van der Waals surface area contributed by atoms with Gasteiger partial charge < -0.3 is 14.8 Å². The van der Waals surface area contributed by atoms with Crippen LogP contribution < -0.4 is 10.1 Å². The third kappa shape index (κ3) is 6.35. The fraction of sp³-hybridized carbons (Fsp3) is 0.182. The van der Waals surface area contributed by atoms with E-state index >= 15 is 0 Å². The summed E-state index contributed by atoms with van der Waals surface area (Å²) in [6.07, 6.45) is 1.53. The maximum absolute atomic E-state index is 12.4. The first-order valence-electron chi connectivity index (χ1n) is 9.46. The number of imide groups is 1. The highest BCUT2D eigenvalue weighted by atomic mass is 35.5. The summed E-state index contributed by atoms with van der Waals surface area (Å²) in [5.41, 5.74) is 1.25. The minimum atomic E-state index is -0.495. The molecule has 3 amide bonds. The third-order valence-electron chi connectivity index (χ3n) is 4.30. The molecule has 1 heterocycles. The highest BCUT2D eigenvalue weighted by molar-refractivity contribution is 8.18. The number of nitrogens with one attached hydrogen (secondary N) is 1. The number of ether oxygens (including phenoxy) is 2. The van der Waals surface area contributed by atoms with Gasteiger partial charge in [-0.05, 0) is 53.7 Å². The number of anilines is 1. The van der Waals surface area contributed by atoms with Crippen LogP contribution in [0, 0.1) is 0 Å². The molecule has 8 nitrogen and oxygen atoms in total. The zero-order valence-corrected chi connectivity index (χ0v) is 18.6.